The molecular weight excluding hydrogens is 308 g/mol. The molecule has 1 aliphatic heterocycles. The van der Waals surface area contributed by atoms with Gasteiger partial charge in [-0.1, -0.05) is 15.9 Å². The van der Waals surface area contributed by atoms with Crippen LogP contribution in [0.5, 0.6) is 0 Å². The van der Waals surface area contributed by atoms with Crippen molar-refractivity contribution in [1.29, 1.82) is 5.26 Å². The monoisotopic (exact) mass is 322 g/mol. The summed E-state index contributed by atoms with van der Waals surface area (Å²) in [5, 5.41) is 17.9. The highest BCUT2D eigenvalue weighted by atomic mass is 79.9. The van der Waals surface area contributed by atoms with Gasteiger partial charge < -0.3 is 10.0 Å². The Bertz CT molecular complexity index is 525. The van der Waals surface area contributed by atoms with E-state index >= 15 is 0 Å². The van der Waals surface area contributed by atoms with Gasteiger partial charge in [-0.05, 0) is 37.0 Å². The number of halogens is 1. The Morgan fingerprint density at radius 1 is 1.58 bits per heavy atom. The first-order valence-corrected chi connectivity index (χ1v) is 7.06. The Morgan fingerprint density at radius 2 is 2.37 bits per heavy atom. The predicted molar refractivity (Wildman–Crippen MR) is 76.0 cm³/mol. The predicted octanol–water partition coefficient (Wildman–Crippen LogP) is 3.01. The molecule has 19 heavy (non-hydrogen) atoms. The van der Waals surface area contributed by atoms with Crippen LogP contribution in [-0.2, 0) is 4.79 Å². The number of carbonyl (C=O) groups is 1. The molecule has 0 saturated carbocycles. The summed E-state index contributed by atoms with van der Waals surface area (Å²) in [7, 11) is 0. The van der Waals surface area contributed by atoms with E-state index < -0.39 is 5.97 Å². The van der Waals surface area contributed by atoms with E-state index in [0.717, 1.165) is 29.7 Å². The van der Waals surface area contributed by atoms with Crippen LogP contribution in [0.25, 0.3) is 0 Å². The topological polar surface area (TPSA) is 64.3 Å². The number of nitriles is 1. The molecule has 2 rings (SSSR count). The molecule has 1 aromatic carbocycles. The lowest BCUT2D eigenvalue weighted by Crippen LogP contribution is -2.20. The van der Waals surface area contributed by atoms with Crippen molar-refractivity contribution in [3.63, 3.8) is 0 Å². The van der Waals surface area contributed by atoms with Gasteiger partial charge in [0.15, 0.2) is 0 Å². The van der Waals surface area contributed by atoms with Gasteiger partial charge in [-0.15, -0.1) is 0 Å². The standard InChI is InChI=1S/C14H15BrN2O2/c15-12-3-2-11(8-16)13(7-12)17-6-5-10(9-17)1-4-14(18)19/h2-3,7,10H,1,4-6,9H2,(H,18,19). The van der Waals surface area contributed by atoms with Crippen molar-refractivity contribution in [1.82, 2.24) is 0 Å². The fourth-order valence-corrected chi connectivity index (χ4v) is 2.82. The van der Waals surface area contributed by atoms with E-state index in [0.29, 0.717) is 17.9 Å². The normalized spacial score (nSPS) is 18.3. The fraction of sp³-hybridized carbons (Fsp3) is 0.429. The van der Waals surface area contributed by atoms with E-state index in [9.17, 15) is 4.79 Å². The van der Waals surface area contributed by atoms with Gasteiger partial charge in [-0.3, -0.25) is 4.79 Å². The largest absolute Gasteiger partial charge is 0.481 e. The van der Waals surface area contributed by atoms with Crippen molar-refractivity contribution < 1.29 is 9.90 Å². The molecule has 1 heterocycles. The summed E-state index contributed by atoms with van der Waals surface area (Å²) in [4.78, 5) is 12.8. The molecule has 0 spiro atoms. The maximum Gasteiger partial charge on any atom is 0.303 e. The summed E-state index contributed by atoms with van der Waals surface area (Å²) >= 11 is 3.42. The van der Waals surface area contributed by atoms with Gasteiger partial charge in [0.2, 0.25) is 0 Å². The molecular formula is C14H15BrN2O2. The molecule has 1 aromatic rings. The Labute approximate surface area is 120 Å². The lowest BCUT2D eigenvalue weighted by Gasteiger charge is -2.20. The Morgan fingerprint density at radius 3 is 3.05 bits per heavy atom. The number of carboxylic acids is 1. The third-order valence-electron chi connectivity index (χ3n) is 3.47. The van der Waals surface area contributed by atoms with Crippen LogP contribution in [0.2, 0.25) is 0 Å². The van der Waals surface area contributed by atoms with Crippen LogP contribution >= 0.6 is 15.9 Å². The van der Waals surface area contributed by atoms with Crippen molar-refractivity contribution in [2.24, 2.45) is 5.92 Å². The van der Waals surface area contributed by atoms with Crippen molar-refractivity contribution in [2.75, 3.05) is 18.0 Å². The average Bonchev–Trinajstić information content (AvgIpc) is 2.85. The second-order valence-electron chi connectivity index (χ2n) is 4.81. The van der Waals surface area contributed by atoms with Crippen LogP contribution < -0.4 is 4.90 Å². The van der Waals surface area contributed by atoms with E-state index in [1.165, 1.54) is 0 Å². The Kier molecular flexibility index (Phi) is 4.43. The number of nitrogens with zero attached hydrogens (tertiary/aromatic N) is 2. The van der Waals surface area contributed by atoms with Crippen LogP contribution in [0, 0.1) is 17.2 Å². The number of hydrogen-bond acceptors (Lipinski definition) is 3. The first-order valence-electron chi connectivity index (χ1n) is 6.26. The summed E-state index contributed by atoms with van der Waals surface area (Å²) in [5.74, 6) is -0.333. The number of carboxylic acid groups (broad SMARTS) is 1. The van der Waals surface area contributed by atoms with E-state index in [1.54, 1.807) is 0 Å². The Hall–Kier alpha value is -1.54. The minimum absolute atomic E-state index is 0.224. The smallest absolute Gasteiger partial charge is 0.303 e. The van der Waals surface area contributed by atoms with E-state index in [1.807, 2.05) is 18.2 Å². The first-order chi connectivity index (χ1) is 9.10. The first kappa shape index (κ1) is 13.9. The molecule has 0 amide bonds. The van der Waals surface area contributed by atoms with Gasteiger partial charge in [0.25, 0.3) is 0 Å². The zero-order valence-corrected chi connectivity index (χ0v) is 12.1. The molecule has 0 radical (unpaired) electrons. The molecule has 0 aromatic heterocycles. The molecule has 1 saturated heterocycles. The van der Waals surface area contributed by atoms with Crippen LogP contribution in [0.15, 0.2) is 22.7 Å². The minimum Gasteiger partial charge on any atom is -0.481 e. The number of benzene rings is 1. The lowest BCUT2D eigenvalue weighted by atomic mass is 10.0. The van der Waals surface area contributed by atoms with Crippen LogP contribution in [0.1, 0.15) is 24.8 Å². The van der Waals surface area contributed by atoms with E-state index in [2.05, 4.69) is 26.9 Å². The van der Waals surface area contributed by atoms with E-state index in [-0.39, 0.29) is 6.42 Å². The van der Waals surface area contributed by atoms with Gasteiger partial charge in [0.1, 0.15) is 6.07 Å². The number of aliphatic carboxylic acids is 1. The van der Waals surface area contributed by atoms with E-state index in [4.69, 9.17) is 10.4 Å². The summed E-state index contributed by atoms with van der Waals surface area (Å²) in [6.07, 6.45) is 1.93. The van der Waals surface area contributed by atoms with Gasteiger partial charge >= 0.3 is 5.97 Å². The van der Waals surface area contributed by atoms with Gasteiger partial charge in [-0.2, -0.15) is 5.26 Å². The van der Waals surface area contributed by atoms with Gasteiger partial charge in [0.05, 0.1) is 11.3 Å². The maximum atomic E-state index is 10.6. The third kappa shape index (κ3) is 3.48. The maximum absolute atomic E-state index is 10.6. The Balaban J connectivity index is 2.06. The van der Waals surface area contributed by atoms with Crippen LogP contribution in [-0.4, -0.2) is 24.2 Å². The molecule has 5 heteroatoms. The molecule has 1 atom stereocenters. The zero-order chi connectivity index (χ0) is 13.8. The molecule has 1 N–H and O–H groups in total. The molecule has 4 nitrogen and oxygen atoms in total. The highest BCUT2D eigenvalue weighted by molar-refractivity contribution is 9.10. The number of anilines is 1. The molecule has 1 unspecified atom stereocenters. The second-order valence-corrected chi connectivity index (χ2v) is 5.72. The quantitative estimate of drug-likeness (QED) is 0.925. The molecule has 0 aliphatic carbocycles. The molecule has 1 aliphatic rings. The SMILES string of the molecule is N#Cc1ccc(Br)cc1N1CCC(CCC(=O)O)C1. The fourth-order valence-electron chi connectivity index (χ4n) is 2.48. The summed E-state index contributed by atoms with van der Waals surface area (Å²) in [6.45, 7) is 1.72. The number of hydrogen-bond donors (Lipinski definition) is 1. The summed E-state index contributed by atoms with van der Waals surface area (Å²) < 4.78 is 0.954. The van der Waals surface area contributed by atoms with Crippen LogP contribution in [0.3, 0.4) is 0 Å². The van der Waals surface area contributed by atoms with Gasteiger partial charge in [-0.25, -0.2) is 0 Å². The summed E-state index contributed by atoms with van der Waals surface area (Å²) in [5.41, 5.74) is 1.61. The zero-order valence-electron chi connectivity index (χ0n) is 10.5. The van der Waals surface area contributed by atoms with Crippen molar-refractivity contribution in [2.45, 2.75) is 19.3 Å². The average molecular weight is 323 g/mol. The van der Waals surface area contributed by atoms with Crippen molar-refractivity contribution >= 4 is 27.6 Å². The molecule has 1 fully saturated rings. The highest BCUT2D eigenvalue weighted by Crippen LogP contribution is 2.30. The lowest BCUT2D eigenvalue weighted by molar-refractivity contribution is -0.137. The van der Waals surface area contributed by atoms with Gasteiger partial charge in [0, 0.05) is 24.0 Å². The highest BCUT2D eigenvalue weighted by Gasteiger charge is 2.24. The van der Waals surface area contributed by atoms with Crippen LogP contribution in [0.4, 0.5) is 5.69 Å². The number of rotatable bonds is 4. The second kappa shape index (κ2) is 6.07. The van der Waals surface area contributed by atoms with Crippen molar-refractivity contribution in [3.8, 4) is 6.07 Å². The summed E-state index contributed by atoms with van der Waals surface area (Å²) in [6, 6.07) is 7.84. The minimum atomic E-state index is -0.737. The molecule has 0 bridgehead atoms. The van der Waals surface area contributed by atoms with Crippen molar-refractivity contribution in [3.05, 3.63) is 28.2 Å². The molecule has 100 valence electrons. The third-order valence-corrected chi connectivity index (χ3v) is 3.97.